The number of imidazole rings is 1. The second kappa shape index (κ2) is 5.36. The van der Waals surface area contributed by atoms with Crippen LogP contribution in [-0.4, -0.2) is 26.8 Å². The van der Waals surface area contributed by atoms with Gasteiger partial charge in [-0.1, -0.05) is 23.9 Å². The van der Waals surface area contributed by atoms with E-state index in [1.54, 1.807) is 18.0 Å². The van der Waals surface area contributed by atoms with Crippen molar-refractivity contribution < 1.29 is 4.42 Å². The molecule has 0 saturated heterocycles. The summed E-state index contributed by atoms with van der Waals surface area (Å²) in [4.78, 5) is 8.61. The molecule has 3 aromatic rings. The average Bonchev–Trinajstić information content (AvgIpc) is 3.00. The zero-order valence-electron chi connectivity index (χ0n) is 10.5. The average molecular weight is 274 g/mol. The number of aromatic nitrogens is 3. The molecule has 0 atom stereocenters. The van der Waals surface area contributed by atoms with Crippen LogP contribution < -0.4 is 5.32 Å². The number of rotatable bonds is 5. The molecule has 98 valence electrons. The minimum atomic E-state index is 0.571. The summed E-state index contributed by atoms with van der Waals surface area (Å²) in [7, 11) is 1.99. The molecule has 1 aromatic carbocycles. The third-order valence-electron chi connectivity index (χ3n) is 2.68. The summed E-state index contributed by atoms with van der Waals surface area (Å²) in [6.07, 6.45) is 3.74. The van der Waals surface area contributed by atoms with Crippen LogP contribution in [0.25, 0.3) is 11.1 Å². The smallest absolute Gasteiger partial charge is 0.295 e. The third kappa shape index (κ3) is 2.73. The number of aryl methyl sites for hydroxylation is 1. The monoisotopic (exact) mass is 274 g/mol. The van der Waals surface area contributed by atoms with Crippen LogP contribution in [0.3, 0.4) is 0 Å². The topological polar surface area (TPSA) is 55.9 Å². The van der Waals surface area contributed by atoms with Crippen LogP contribution in [0.5, 0.6) is 0 Å². The van der Waals surface area contributed by atoms with E-state index in [2.05, 4.69) is 15.3 Å². The standard InChI is InChI=1S/C13H14N4OS/c1-17-8-6-15-13(17)19-9-7-14-12-16-10-4-2-3-5-11(10)18-12/h2-6,8H,7,9H2,1H3,(H,14,16). The lowest BCUT2D eigenvalue weighted by molar-refractivity contribution is 0.616. The zero-order valence-corrected chi connectivity index (χ0v) is 11.4. The van der Waals surface area contributed by atoms with E-state index in [0.717, 1.165) is 28.6 Å². The maximum absolute atomic E-state index is 5.58. The highest BCUT2D eigenvalue weighted by atomic mass is 32.2. The maximum atomic E-state index is 5.58. The Morgan fingerprint density at radius 1 is 1.37 bits per heavy atom. The summed E-state index contributed by atoms with van der Waals surface area (Å²) >= 11 is 1.70. The van der Waals surface area contributed by atoms with E-state index in [0.29, 0.717) is 6.01 Å². The number of thioether (sulfide) groups is 1. The van der Waals surface area contributed by atoms with Crippen molar-refractivity contribution in [3.05, 3.63) is 36.7 Å². The number of fused-ring (bicyclic) bond motifs is 1. The minimum Gasteiger partial charge on any atom is -0.424 e. The van der Waals surface area contributed by atoms with Crippen molar-refractivity contribution in [1.29, 1.82) is 0 Å². The molecular weight excluding hydrogens is 260 g/mol. The molecule has 19 heavy (non-hydrogen) atoms. The summed E-state index contributed by atoms with van der Waals surface area (Å²) in [5.41, 5.74) is 1.68. The number of para-hydroxylation sites is 2. The van der Waals surface area contributed by atoms with Crippen LogP contribution in [0, 0.1) is 0 Å². The number of hydrogen-bond acceptors (Lipinski definition) is 5. The normalized spacial score (nSPS) is 11.0. The first-order valence-corrected chi connectivity index (χ1v) is 7.01. The van der Waals surface area contributed by atoms with Crippen LogP contribution in [0.4, 0.5) is 6.01 Å². The predicted octanol–water partition coefficient (Wildman–Crippen LogP) is 2.77. The van der Waals surface area contributed by atoms with Crippen molar-refractivity contribution in [2.45, 2.75) is 5.16 Å². The van der Waals surface area contributed by atoms with Crippen LogP contribution in [0.2, 0.25) is 0 Å². The van der Waals surface area contributed by atoms with Crippen LogP contribution in [0.1, 0.15) is 0 Å². The van der Waals surface area contributed by atoms with Gasteiger partial charge in [0, 0.05) is 31.7 Å². The van der Waals surface area contributed by atoms with Crippen LogP contribution in [0.15, 0.2) is 46.2 Å². The highest BCUT2D eigenvalue weighted by molar-refractivity contribution is 7.99. The number of anilines is 1. The van der Waals surface area contributed by atoms with Gasteiger partial charge in [0.25, 0.3) is 6.01 Å². The molecule has 3 rings (SSSR count). The van der Waals surface area contributed by atoms with Crippen molar-refractivity contribution in [2.24, 2.45) is 7.05 Å². The first-order valence-electron chi connectivity index (χ1n) is 6.02. The summed E-state index contributed by atoms with van der Waals surface area (Å²) in [5, 5.41) is 4.19. The molecule has 1 N–H and O–H groups in total. The van der Waals surface area contributed by atoms with E-state index in [1.165, 1.54) is 0 Å². The van der Waals surface area contributed by atoms with Gasteiger partial charge in [-0.2, -0.15) is 4.98 Å². The van der Waals surface area contributed by atoms with Crippen molar-refractivity contribution in [1.82, 2.24) is 14.5 Å². The van der Waals surface area contributed by atoms with Crippen LogP contribution in [-0.2, 0) is 7.05 Å². The predicted molar refractivity (Wildman–Crippen MR) is 76.4 cm³/mol. The molecule has 0 spiro atoms. The van der Waals surface area contributed by atoms with Gasteiger partial charge in [-0.25, -0.2) is 4.98 Å². The number of benzene rings is 1. The highest BCUT2D eigenvalue weighted by Gasteiger charge is 2.04. The Kier molecular flexibility index (Phi) is 3.41. The van der Waals surface area contributed by atoms with Gasteiger partial charge in [-0.05, 0) is 12.1 Å². The summed E-state index contributed by atoms with van der Waals surface area (Å²) in [6, 6.07) is 8.31. The van der Waals surface area contributed by atoms with Gasteiger partial charge in [0.05, 0.1) is 0 Å². The lowest BCUT2D eigenvalue weighted by atomic mass is 10.3. The molecule has 0 aliphatic heterocycles. The molecule has 0 fully saturated rings. The number of hydrogen-bond donors (Lipinski definition) is 1. The SMILES string of the molecule is Cn1ccnc1SCCNc1nc2ccccc2o1. The number of oxazole rings is 1. The Bertz CT molecular complexity index is 643. The van der Waals surface area contributed by atoms with Gasteiger partial charge >= 0.3 is 0 Å². The second-order valence-electron chi connectivity index (χ2n) is 4.08. The lowest BCUT2D eigenvalue weighted by Gasteiger charge is -2.02. The van der Waals surface area contributed by atoms with Gasteiger partial charge in [-0.3, -0.25) is 0 Å². The van der Waals surface area contributed by atoms with Gasteiger partial charge in [-0.15, -0.1) is 0 Å². The summed E-state index contributed by atoms with van der Waals surface area (Å²) in [5.74, 6) is 0.906. The van der Waals surface area contributed by atoms with E-state index in [4.69, 9.17) is 4.42 Å². The molecular formula is C13H14N4OS. The Balaban J connectivity index is 1.53. The van der Waals surface area contributed by atoms with Crippen LogP contribution >= 0.6 is 11.8 Å². The van der Waals surface area contributed by atoms with E-state index in [9.17, 15) is 0 Å². The largest absolute Gasteiger partial charge is 0.424 e. The fourth-order valence-corrected chi connectivity index (χ4v) is 2.53. The molecule has 0 aliphatic carbocycles. The van der Waals surface area contributed by atoms with Gasteiger partial charge in [0.1, 0.15) is 5.52 Å². The zero-order chi connectivity index (χ0) is 13.1. The molecule has 0 unspecified atom stereocenters. The first kappa shape index (κ1) is 12.1. The van der Waals surface area contributed by atoms with E-state index in [-0.39, 0.29) is 0 Å². The second-order valence-corrected chi connectivity index (χ2v) is 5.14. The molecule has 0 bridgehead atoms. The van der Waals surface area contributed by atoms with Crippen molar-refractivity contribution in [3.63, 3.8) is 0 Å². The highest BCUT2D eigenvalue weighted by Crippen LogP contribution is 2.18. The molecule has 0 radical (unpaired) electrons. The summed E-state index contributed by atoms with van der Waals surface area (Å²) < 4.78 is 7.58. The quantitative estimate of drug-likeness (QED) is 0.572. The Morgan fingerprint density at radius 2 is 2.26 bits per heavy atom. The first-order chi connectivity index (χ1) is 9.33. The van der Waals surface area contributed by atoms with E-state index >= 15 is 0 Å². The Morgan fingerprint density at radius 3 is 3.05 bits per heavy atom. The van der Waals surface area contributed by atoms with Crippen molar-refractivity contribution >= 4 is 28.9 Å². The molecule has 5 nitrogen and oxygen atoms in total. The molecule has 0 saturated carbocycles. The van der Waals surface area contributed by atoms with Gasteiger partial charge in [0.2, 0.25) is 0 Å². The van der Waals surface area contributed by atoms with E-state index in [1.807, 2.05) is 42.1 Å². The third-order valence-corrected chi connectivity index (χ3v) is 3.74. The maximum Gasteiger partial charge on any atom is 0.295 e. The molecule has 0 amide bonds. The summed E-state index contributed by atoms with van der Waals surface area (Å²) in [6.45, 7) is 0.782. The van der Waals surface area contributed by atoms with Gasteiger partial charge in [0.15, 0.2) is 10.7 Å². The fourth-order valence-electron chi connectivity index (χ4n) is 1.74. The van der Waals surface area contributed by atoms with Crippen molar-refractivity contribution in [3.8, 4) is 0 Å². The Hall–Kier alpha value is -1.95. The van der Waals surface area contributed by atoms with Crippen molar-refractivity contribution in [2.75, 3.05) is 17.6 Å². The molecule has 6 heteroatoms. The molecule has 0 aliphatic rings. The molecule has 2 aromatic heterocycles. The fraction of sp³-hybridized carbons (Fsp3) is 0.231. The Labute approximate surface area is 115 Å². The van der Waals surface area contributed by atoms with Gasteiger partial charge < -0.3 is 14.3 Å². The minimum absolute atomic E-state index is 0.571. The number of nitrogens with zero attached hydrogens (tertiary/aromatic N) is 3. The van der Waals surface area contributed by atoms with E-state index < -0.39 is 0 Å². The number of nitrogens with one attached hydrogen (secondary N) is 1. The lowest BCUT2D eigenvalue weighted by Crippen LogP contribution is -2.04. The molecule has 2 heterocycles.